The van der Waals surface area contributed by atoms with Crippen LogP contribution in [0.5, 0.6) is 0 Å². The van der Waals surface area contributed by atoms with Crippen LogP contribution in [0.4, 0.5) is 0 Å². The number of nitrogens with zero attached hydrogens (tertiary/aromatic N) is 3. The molecule has 0 unspecified atom stereocenters. The second kappa shape index (κ2) is 7.25. The van der Waals surface area contributed by atoms with Gasteiger partial charge in [0.25, 0.3) is 0 Å². The third kappa shape index (κ3) is 4.41. The minimum Gasteiger partial charge on any atom is -0.476 e. The molecule has 1 heterocycles. The summed E-state index contributed by atoms with van der Waals surface area (Å²) in [5.74, 6) is -1.42. The van der Waals surface area contributed by atoms with Gasteiger partial charge in [-0.3, -0.25) is 4.79 Å². The molecule has 0 bridgehead atoms. The molecule has 24 heavy (non-hydrogen) atoms. The molecule has 0 aliphatic rings. The molecule has 128 valence electrons. The van der Waals surface area contributed by atoms with E-state index in [1.165, 1.54) is 16.4 Å². The summed E-state index contributed by atoms with van der Waals surface area (Å²) in [7, 11) is 0. The molecule has 0 aliphatic heterocycles. The first-order valence-corrected chi connectivity index (χ1v) is 7.81. The number of hydrogen-bond donors (Lipinski definition) is 2. The van der Waals surface area contributed by atoms with Crippen LogP contribution in [0.3, 0.4) is 0 Å². The zero-order valence-electron chi connectivity index (χ0n) is 14.1. The molecular weight excluding hydrogens is 308 g/mol. The molecule has 1 aromatic heterocycles. The normalized spacial score (nSPS) is 11.3. The minimum absolute atomic E-state index is 0.0682. The average molecular weight is 330 g/mol. The number of benzene rings is 1. The largest absolute Gasteiger partial charge is 0.476 e. The third-order valence-electron chi connectivity index (χ3n) is 4.17. The van der Waals surface area contributed by atoms with E-state index in [1.807, 2.05) is 12.1 Å². The summed E-state index contributed by atoms with van der Waals surface area (Å²) in [6.45, 7) is 6.90. The van der Waals surface area contributed by atoms with Crippen LogP contribution in [0.2, 0.25) is 0 Å². The van der Waals surface area contributed by atoms with E-state index in [4.69, 9.17) is 5.11 Å². The van der Waals surface area contributed by atoms with Crippen LogP contribution in [0.1, 0.15) is 48.8 Å². The van der Waals surface area contributed by atoms with Crippen molar-refractivity contribution in [2.24, 2.45) is 0 Å². The van der Waals surface area contributed by atoms with Gasteiger partial charge in [-0.25, -0.2) is 9.48 Å². The van der Waals surface area contributed by atoms with Gasteiger partial charge in [-0.2, -0.15) is 0 Å². The summed E-state index contributed by atoms with van der Waals surface area (Å²) >= 11 is 0. The Morgan fingerprint density at radius 2 is 1.92 bits per heavy atom. The number of carboxylic acids is 1. The molecule has 0 radical (unpaired) electrons. The maximum absolute atomic E-state index is 11.9. The Bertz CT molecular complexity index is 720. The topological polar surface area (TPSA) is 97.1 Å². The zero-order chi connectivity index (χ0) is 17.7. The lowest BCUT2D eigenvalue weighted by atomic mass is 9.82. The lowest BCUT2D eigenvalue weighted by Crippen LogP contribution is -2.27. The van der Waals surface area contributed by atoms with Crippen molar-refractivity contribution in [2.45, 2.75) is 45.7 Å². The molecular formula is C17H22N4O3. The summed E-state index contributed by atoms with van der Waals surface area (Å²) in [5.41, 5.74) is 2.22. The molecule has 0 aliphatic carbocycles. The third-order valence-corrected chi connectivity index (χ3v) is 4.17. The van der Waals surface area contributed by atoms with Crippen molar-refractivity contribution >= 4 is 11.9 Å². The zero-order valence-corrected chi connectivity index (χ0v) is 14.1. The number of carbonyl (C=O) groups is 2. The highest BCUT2D eigenvalue weighted by Gasteiger charge is 2.17. The van der Waals surface area contributed by atoms with E-state index < -0.39 is 5.97 Å². The maximum Gasteiger partial charge on any atom is 0.358 e. The fraction of sp³-hybridized carbons (Fsp3) is 0.412. The summed E-state index contributed by atoms with van der Waals surface area (Å²) in [6.07, 6.45) is 2.28. The van der Waals surface area contributed by atoms with Crippen LogP contribution < -0.4 is 5.32 Å². The minimum atomic E-state index is -1.17. The van der Waals surface area contributed by atoms with Gasteiger partial charge in [0.1, 0.15) is 6.54 Å². The van der Waals surface area contributed by atoms with Gasteiger partial charge in [-0.1, -0.05) is 50.3 Å². The van der Waals surface area contributed by atoms with Crippen LogP contribution >= 0.6 is 0 Å². The van der Waals surface area contributed by atoms with Crippen LogP contribution in [0.25, 0.3) is 0 Å². The Balaban J connectivity index is 1.88. The SMILES string of the molecule is CCC(C)(C)c1ccc(CNC(=O)Cn2cc(C(=O)O)nn2)cc1. The summed E-state index contributed by atoms with van der Waals surface area (Å²) in [5, 5.41) is 18.6. The summed E-state index contributed by atoms with van der Waals surface area (Å²) in [4.78, 5) is 22.6. The molecule has 0 saturated heterocycles. The van der Waals surface area contributed by atoms with E-state index in [9.17, 15) is 9.59 Å². The highest BCUT2D eigenvalue weighted by Crippen LogP contribution is 2.26. The van der Waals surface area contributed by atoms with E-state index >= 15 is 0 Å². The maximum atomic E-state index is 11.9. The van der Waals surface area contributed by atoms with Crippen LogP contribution in [0.15, 0.2) is 30.5 Å². The van der Waals surface area contributed by atoms with Crippen molar-refractivity contribution in [3.63, 3.8) is 0 Å². The number of rotatable bonds is 7. The van der Waals surface area contributed by atoms with Gasteiger partial charge in [0.15, 0.2) is 5.69 Å². The number of hydrogen-bond acceptors (Lipinski definition) is 4. The number of aromatic nitrogens is 3. The van der Waals surface area contributed by atoms with Gasteiger partial charge < -0.3 is 10.4 Å². The van der Waals surface area contributed by atoms with E-state index in [2.05, 4.69) is 48.5 Å². The predicted molar refractivity (Wildman–Crippen MR) is 88.6 cm³/mol. The lowest BCUT2D eigenvalue weighted by Gasteiger charge is -2.23. The Morgan fingerprint density at radius 3 is 2.46 bits per heavy atom. The van der Waals surface area contributed by atoms with Crippen molar-refractivity contribution < 1.29 is 14.7 Å². The second-order valence-electron chi connectivity index (χ2n) is 6.32. The first kappa shape index (κ1) is 17.7. The molecule has 0 atom stereocenters. The van der Waals surface area contributed by atoms with Gasteiger partial charge >= 0.3 is 5.97 Å². The molecule has 7 nitrogen and oxygen atoms in total. The number of carbonyl (C=O) groups excluding carboxylic acids is 1. The number of aromatic carboxylic acids is 1. The van der Waals surface area contributed by atoms with Gasteiger partial charge in [0, 0.05) is 6.54 Å². The molecule has 0 fully saturated rings. The highest BCUT2D eigenvalue weighted by molar-refractivity contribution is 5.84. The first-order chi connectivity index (χ1) is 11.3. The van der Waals surface area contributed by atoms with Crippen molar-refractivity contribution in [2.75, 3.05) is 0 Å². The molecule has 1 amide bonds. The van der Waals surface area contributed by atoms with Crippen molar-refractivity contribution in [3.8, 4) is 0 Å². The fourth-order valence-electron chi connectivity index (χ4n) is 2.16. The molecule has 0 saturated carbocycles. The molecule has 2 aromatic rings. The Hall–Kier alpha value is -2.70. The second-order valence-corrected chi connectivity index (χ2v) is 6.32. The number of nitrogens with one attached hydrogen (secondary N) is 1. The van der Waals surface area contributed by atoms with Gasteiger partial charge in [0.2, 0.25) is 5.91 Å². The van der Waals surface area contributed by atoms with Crippen LogP contribution in [-0.4, -0.2) is 32.0 Å². The first-order valence-electron chi connectivity index (χ1n) is 7.81. The summed E-state index contributed by atoms with van der Waals surface area (Å²) in [6, 6.07) is 8.18. The van der Waals surface area contributed by atoms with Crippen LogP contribution in [0, 0.1) is 0 Å². The van der Waals surface area contributed by atoms with E-state index in [-0.39, 0.29) is 23.6 Å². The van der Waals surface area contributed by atoms with E-state index in [0.717, 1.165) is 12.0 Å². The molecule has 2 rings (SSSR count). The molecule has 1 aromatic carbocycles. The van der Waals surface area contributed by atoms with E-state index in [1.54, 1.807) is 0 Å². The van der Waals surface area contributed by atoms with Gasteiger partial charge in [-0.15, -0.1) is 5.10 Å². The molecule has 7 heteroatoms. The van der Waals surface area contributed by atoms with Crippen molar-refractivity contribution in [1.29, 1.82) is 0 Å². The van der Waals surface area contributed by atoms with Gasteiger partial charge in [0.05, 0.1) is 6.20 Å². The lowest BCUT2D eigenvalue weighted by molar-refractivity contribution is -0.122. The van der Waals surface area contributed by atoms with Crippen LogP contribution in [-0.2, 0) is 23.3 Å². The van der Waals surface area contributed by atoms with Crippen molar-refractivity contribution in [1.82, 2.24) is 20.3 Å². The van der Waals surface area contributed by atoms with Gasteiger partial charge in [-0.05, 0) is 23.0 Å². The number of amides is 1. The van der Waals surface area contributed by atoms with Crippen molar-refractivity contribution in [3.05, 3.63) is 47.3 Å². The summed E-state index contributed by atoms with van der Waals surface area (Å²) < 4.78 is 1.20. The Kier molecular flexibility index (Phi) is 5.33. The molecule has 2 N–H and O–H groups in total. The standard InChI is InChI=1S/C17H22N4O3/c1-4-17(2,3)13-7-5-12(6-8-13)9-18-15(22)11-21-10-14(16(23)24)19-20-21/h5-8,10H,4,9,11H2,1-3H3,(H,18,22)(H,23,24). The smallest absolute Gasteiger partial charge is 0.358 e. The molecule has 0 spiro atoms. The predicted octanol–water partition coefficient (Wildman–Crippen LogP) is 1.98. The Morgan fingerprint density at radius 1 is 1.25 bits per heavy atom. The fourth-order valence-corrected chi connectivity index (χ4v) is 2.16. The monoisotopic (exact) mass is 330 g/mol. The quantitative estimate of drug-likeness (QED) is 0.809. The average Bonchev–Trinajstić information content (AvgIpc) is 3.02. The number of carboxylic acid groups (broad SMARTS) is 1. The highest BCUT2D eigenvalue weighted by atomic mass is 16.4. The Labute approximate surface area is 140 Å². The van der Waals surface area contributed by atoms with E-state index in [0.29, 0.717) is 6.54 Å².